The number of hydrogen-bond acceptors (Lipinski definition) is 3. The Kier molecular flexibility index (Phi) is 5.01. The van der Waals surface area contributed by atoms with Gasteiger partial charge in [-0.25, -0.2) is 4.79 Å². The van der Waals surface area contributed by atoms with E-state index in [9.17, 15) is 14.7 Å². The molecule has 5 heteroatoms. The normalized spacial score (nSPS) is 13.0. The molecule has 0 spiro atoms. The van der Waals surface area contributed by atoms with E-state index in [0.29, 0.717) is 11.3 Å². The number of methoxy groups -OCH3 is 1. The Bertz CT molecular complexity index is 682. The summed E-state index contributed by atoms with van der Waals surface area (Å²) in [5.41, 5.74) is -0.180. The summed E-state index contributed by atoms with van der Waals surface area (Å²) in [4.78, 5) is 23.9. The molecule has 1 amide bonds. The van der Waals surface area contributed by atoms with Crippen LogP contribution >= 0.6 is 0 Å². The first kappa shape index (κ1) is 16.5. The summed E-state index contributed by atoms with van der Waals surface area (Å²) in [6, 6.07) is 15.6. The number of carboxylic acid groups (broad SMARTS) is 1. The van der Waals surface area contributed by atoms with Gasteiger partial charge in [0.2, 0.25) is 0 Å². The molecule has 0 heterocycles. The van der Waals surface area contributed by atoms with Crippen molar-refractivity contribution in [2.75, 3.05) is 7.11 Å². The third kappa shape index (κ3) is 4.10. The average Bonchev–Trinajstić information content (AvgIpc) is 2.56. The van der Waals surface area contributed by atoms with Gasteiger partial charge in [0.05, 0.1) is 7.11 Å². The first-order valence-electron chi connectivity index (χ1n) is 7.18. The molecule has 0 radical (unpaired) electrons. The topological polar surface area (TPSA) is 75.6 Å². The molecular formula is C18H19NO4. The van der Waals surface area contributed by atoms with E-state index >= 15 is 0 Å². The number of aliphatic carboxylic acids is 1. The Balaban J connectivity index is 2.18. The van der Waals surface area contributed by atoms with E-state index in [1.54, 1.807) is 61.7 Å². The maximum absolute atomic E-state index is 12.3. The summed E-state index contributed by atoms with van der Waals surface area (Å²) in [5, 5.41) is 12.2. The molecule has 2 aromatic carbocycles. The van der Waals surface area contributed by atoms with Crippen LogP contribution in [0, 0.1) is 0 Å². The number of amides is 1. The van der Waals surface area contributed by atoms with Crippen molar-refractivity contribution in [2.45, 2.75) is 18.9 Å². The Labute approximate surface area is 134 Å². The van der Waals surface area contributed by atoms with Gasteiger partial charge in [-0.15, -0.1) is 0 Å². The maximum Gasteiger partial charge on any atom is 0.329 e. The van der Waals surface area contributed by atoms with E-state index in [4.69, 9.17) is 4.74 Å². The minimum atomic E-state index is -1.40. The molecule has 5 nitrogen and oxygen atoms in total. The fourth-order valence-electron chi connectivity index (χ4n) is 2.24. The zero-order valence-corrected chi connectivity index (χ0v) is 13.1. The standard InChI is InChI=1S/C18H19NO4/c1-18(17(21)22,12-13-8-10-15(23-2)11-9-13)19-16(20)14-6-4-3-5-7-14/h3-11H,12H2,1-2H3,(H,19,20)(H,21,22)/t18-/m0/s1. The van der Waals surface area contributed by atoms with E-state index < -0.39 is 17.4 Å². The molecule has 2 rings (SSSR count). The lowest BCUT2D eigenvalue weighted by molar-refractivity contribution is -0.143. The minimum absolute atomic E-state index is 0.172. The van der Waals surface area contributed by atoms with Crippen molar-refractivity contribution in [3.05, 3.63) is 65.7 Å². The van der Waals surface area contributed by atoms with Gasteiger partial charge in [-0.3, -0.25) is 4.79 Å². The number of nitrogens with one attached hydrogen (secondary N) is 1. The van der Waals surface area contributed by atoms with Gasteiger partial charge in [0.15, 0.2) is 0 Å². The summed E-state index contributed by atoms with van der Waals surface area (Å²) >= 11 is 0. The van der Waals surface area contributed by atoms with Gasteiger partial charge in [-0.05, 0) is 36.8 Å². The molecule has 0 aromatic heterocycles. The van der Waals surface area contributed by atoms with Crippen molar-refractivity contribution in [3.63, 3.8) is 0 Å². The summed E-state index contributed by atoms with van der Waals surface area (Å²) in [5.74, 6) is -0.805. The number of carbonyl (C=O) groups excluding carboxylic acids is 1. The van der Waals surface area contributed by atoms with Gasteiger partial charge in [-0.1, -0.05) is 30.3 Å². The Morgan fingerprint density at radius 3 is 2.22 bits per heavy atom. The number of ether oxygens (including phenoxy) is 1. The summed E-state index contributed by atoms with van der Waals surface area (Å²) in [7, 11) is 1.57. The van der Waals surface area contributed by atoms with E-state index in [-0.39, 0.29) is 6.42 Å². The van der Waals surface area contributed by atoms with Crippen molar-refractivity contribution in [1.82, 2.24) is 5.32 Å². The summed E-state index contributed by atoms with van der Waals surface area (Å²) in [6.45, 7) is 1.50. The van der Waals surface area contributed by atoms with Crippen LogP contribution in [0.4, 0.5) is 0 Å². The largest absolute Gasteiger partial charge is 0.497 e. The molecule has 0 aliphatic heterocycles. The van der Waals surface area contributed by atoms with Gasteiger partial charge >= 0.3 is 5.97 Å². The molecule has 0 saturated heterocycles. The van der Waals surface area contributed by atoms with Crippen LogP contribution in [0.1, 0.15) is 22.8 Å². The van der Waals surface area contributed by atoms with E-state index in [1.807, 2.05) is 0 Å². The summed E-state index contributed by atoms with van der Waals surface area (Å²) in [6.07, 6.45) is 0.172. The second-order valence-electron chi connectivity index (χ2n) is 5.48. The average molecular weight is 313 g/mol. The first-order chi connectivity index (χ1) is 10.9. The van der Waals surface area contributed by atoms with Crippen LogP contribution < -0.4 is 10.1 Å². The zero-order valence-electron chi connectivity index (χ0n) is 13.1. The lowest BCUT2D eigenvalue weighted by Crippen LogP contribution is -2.53. The molecule has 0 fully saturated rings. The highest BCUT2D eigenvalue weighted by Crippen LogP contribution is 2.18. The van der Waals surface area contributed by atoms with Crippen molar-refractivity contribution in [2.24, 2.45) is 0 Å². The minimum Gasteiger partial charge on any atom is -0.497 e. The Morgan fingerprint density at radius 1 is 1.09 bits per heavy atom. The highest BCUT2D eigenvalue weighted by molar-refractivity contribution is 5.97. The van der Waals surface area contributed by atoms with Crippen LogP contribution in [0.3, 0.4) is 0 Å². The number of rotatable bonds is 6. The smallest absolute Gasteiger partial charge is 0.329 e. The fourth-order valence-corrected chi connectivity index (χ4v) is 2.24. The predicted molar refractivity (Wildman–Crippen MR) is 86.6 cm³/mol. The van der Waals surface area contributed by atoms with Crippen molar-refractivity contribution in [1.29, 1.82) is 0 Å². The van der Waals surface area contributed by atoms with Crippen LogP contribution in [0.5, 0.6) is 5.75 Å². The molecule has 2 aromatic rings. The second kappa shape index (κ2) is 6.96. The number of hydrogen-bond donors (Lipinski definition) is 2. The molecular weight excluding hydrogens is 294 g/mol. The zero-order chi connectivity index (χ0) is 16.9. The van der Waals surface area contributed by atoms with Crippen LogP contribution in [-0.2, 0) is 11.2 Å². The van der Waals surface area contributed by atoms with Crippen LogP contribution in [0.2, 0.25) is 0 Å². The number of benzene rings is 2. The van der Waals surface area contributed by atoms with E-state index in [1.165, 1.54) is 6.92 Å². The quantitative estimate of drug-likeness (QED) is 0.859. The van der Waals surface area contributed by atoms with Crippen molar-refractivity contribution < 1.29 is 19.4 Å². The lowest BCUT2D eigenvalue weighted by Gasteiger charge is -2.26. The van der Waals surface area contributed by atoms with Gasteiger partial charge in [-0.2, -0.15) is 0 Å². The van der Waals surface area contributed by atoms with E-state index in [0.717, 1.165) is 5.56 Å². The highest BCUT2D eigenvalue weighted by atomic mass is 16.5. The van der Waals surface area contributed by atoms with Crippen LogP contribution in [0.25, 0.3) is 0 Å². The molecule has 2 N–H and O–H groups in total. The monoisotopic (exact) mass is 313 g/mol. The third-order valence-electron chi connectivity index (χ3n) is 3.61. The van der Waals surface area contributed by atoms with E-state index in [2.05, 4.69) is 5.32 Å². The molecule has 0 saturated carbocycles. The van der Waals surface area contributed by atoms with Gasteiger partial charge in [0.25, 0.3) is 5.91 Å². The first-order valence-corrected chi connectivity index (χ1v) is 7.18. The van der Waals surface area contributed by atoms with Gasteiger partial charge in [0, 0.05) is 12.0 Å². The predicted octanol–water partition coefficient (Wildman–Crippen LogP) is 2.51. The SMILES string of the molecule is COc1ccc(C[C@](C)(NC(=O)c2ccccc2)C(=O)O)cc1. The van der Waals surface area contributed by atoms with Crippen molar-refractivity contribution >= 4 is 11.9 Å². The van der Waals surface area contributed by atoms with Gasteiger partial charge in [0.1, 0.15) is 11.3 Å². The van der Waals surface area contributed by atoms with Crippen LogP contribution in [-0.4, -0.2) is 29.6 Å². The number of carboxylic acids is 1. The maximum atomic E-state index is 12.3. The molecule has 1 atom stereocenters. The molecule has 120 valence electrons. The Morgan fingerprint density at radius 2 is 1.70 bits per heavy atom. The molecule has 0 aliphatic carbocycles. The molecule has 0 unspecified atom stereocenters. The van der Waals surface area contributed by atoms with Crippen molar-refractivity contribution in [3.8, 4) is 5.75 Å². The number of carbonyl (C=O) groups is 2. The lowest BCUT2D eigenvalue weighted by atomic mass is 9.92. The summed E-state index contributed by atoms with van der Waals surface area (Å²) < 4.78 is 5.08. The second-order valence-corrected chi connectivity index (χ2v) is 5.48. The molecule has 0 aliphatic rings. The third-order valence-corrected chi connectivity index (χ3v) is 3.61. The highest BCUT2D eigenvalue weighted by Gasteiger charge is 2.35. The fraction of sp³-hybridized carbons (Fsp3) is 0.222. The molecule has 0 bridgehead atoms. The Hall–Kier alpha value is -2.82. The van der Waals surface area contributed by atoms with Gasteiger partial charge < -0.3 is 15.2 Å². The van der Waals surface area contributed by atoms with Crippen LogP contribution in [0.15, 0.2) is 54.6 Å². The molecule has 23 heavy (non-hydrogen) atoms.